The number of ether oxygens (including phenoxy) is 2. The van der Waals surface area contributed by atoms with Gasteiger partial charge in [-0.05, 0) is 63.5 Å². The summed E-state index contributed by atoms with van der Waals surface area (Å²) >= 11 is 1.35. The minimum absolute atomic E-state index is 0. The van der Waals surface area contributed by atoms with Crippen molar-refractivity contribution in [2.75, 3.05) is 52.6 Å². The fourth-order valence-corrected chi connectivity index (χ4v) is 4.95. The van der Waals surface area contributed by atoms with Crippen LogP contribution in [0.5, 0.6) is 11.5 Å². The molecule has 3 rings (SSSR count). The molecular weight excluding hydrogens is 486 g/mol. The molecule has 1 aromatic heterocycles. The summed E-state index contributed by atoms with van der Waals surface area (Å²) in [4.78, 5) is 22.0. The first-order valence-corrected chi connectivity index (χ1v) is 12.6. The fourth-order valence-electron chi connectivity index (χ4n) is 3.22. The highest BCUT2D eigenvalue weighted by Gasteiger charge is 2.24. The van der Waals surface area contributed by atoms with Gasteiger partial charge in [0.2, 0.25) is 0 Å². The highest BCUT2D eigenvalue weighted by molar-refractivity contribution is 7.90. The van der Waals surface area contributed by atoms with Gasteiger partial charge in [0, 0.05) is 18.4 Å². The molecule has 0 aliphatic carbocycles. The smallest absolute Gasteiger partial charge is 0.260 e. The number of carbonyl (C=O) groups is 1. The van der Waals surface area contributed by atoms with Crippen molar-refractivity contribution in [3.05, 3.63) is 42.0 Å². The first kappa shape index (κ1) is 26.8. The number of anilines is 1. The van der Waals surface area contributed by atoms with Gasteiger partial charge >= 0.3 is 0 Å². The second-order valence-corrected chi connectivity index (χ2v) is 10.5. The number of sulfone groups is 1. The summed E-state index contributed by atoms with van der Waals surface area (Å²) in [6.07, 6.45) is 1.88. The largest absolute Gasteiger partial charge is 0.495 e. The van der Waals surface area contributed by atoms with Gasteiger partial charge in [-0.25, -0.2) is 13.4 Å². The molecule has 180 valence electrons. The Morgan fingerprint density at radius 3 is 2.15 bits per heavy atom. The van der Waals surface area contributed by atoms with Crippen LogP contribution in [0.1, 0.15) is 16.8 Å². The molecule has 0 spiro atoms. The average Bonchev–Trinajstić information content (AvgIpc) is 3.20. The molecule has 1 amide bonds. The summed E-state index contributed by atoms with van der Waals surface area (Å²) in [6, 6.07) is 9.56. The summed E-state index contributed by atoms with van der Waals surface area (Å²) in [5.74, 6) is 1.00. The molecule has 0 aliphatic rings. The minimum Gasteiger partial charge on any atom is -0.495 e. The quantitative estimate of drug-likeness (QED) is 0.430. The number of aromatic nitrogens is 1. The van der Waals surface area contributed by atoms with Gasteiger partial charge in [-0.15, -0.1) is 12.4 Å². The van der Waals surface area contributed by atoms with Crippen LogP contribution in [-0.2, 0) is 9.84 Å². The third kappa shape index (κ3) is 6.14. The van der Waals surface area contributed by atoms with E-state index in [0.29, 0.717) is 34.3 Å². The maximum atomic E-state index is 13.4. The van der Waals surface area contributed by atoms with Crippen molar-refractivity contribution in [3.63, 3.8) is 0 Å². The predicted octanol–water partition coefficient (Wildman–Crippen LogP) is 3.74. The second-order valence-electron chi connectivity index (χ2n) is 7.55. The fraction of sp³-hybridized carbons (Fsp3) is 0.364. The Bertz CT molecular complexity index is 1170. The van der Waals surface area contributed by atoms with Crippen molar-refractivity contribution in [1.82, 2.24) is 9.88 Å². The zero-order chi connectivity index (χ0) is 23.5. The summed E-state index contributed by atoms with van der Waals surface area (Å²) in [6.45, 7) is 1.25. The highest BCUT2D eigenvalue weighted by Crippen LogP contribution is 2.40. The van der Waals surface area contributed by atoms with Crippen LogP contribution < -0.4 is 14.4 Å². The van der Waals surface area contributed by atoms with E-state index in [4.69, 9.17) is 14.5 Å². The monoisotopic (exact) mass is 513 g/mol. The van der Waals surface area contributed by atoms with Gasteiger partial charge in [0.05, 0.1) is 19.1 Å². The number of fused-ring (bicyclic) bond motifs is 1. The molecule has 0 aliphatic heterocycles. The van der Waals surface area contributed by atoms with Crippen molar-refractivity contribution < 1.29 is 22.7 Å². The van der Waals surface area contributed by atoms with E-state index < -0.39 is 9.84 Å². The van der Waals surface area contributed by atoms with Gasteiger partial charge in [0.1, 0.15) is 21.7 Å². The van der Waals surface area contributed by atoms with Crippen molar-refractivity contribution >= 4 is 54.8 Å². The van der Waals surface area contributed by atoms with E-state index in [2.05, 4.69) is 0 Å². The number of halogens is 1. The first-order chi connectivity index (χ1) is 15.2. The van der Waals surface area contributed by atoms with E-state index in [1.165, 1.54) is 35.6 Å². The van der Waals surface area contributed by atoms with E-state index in [0.717, 1.165) is 23.9 Å². The highest BCUT2D eigenvalue weighted by atomic mass is 35.5. The normalized spacial score (nSPS) is 11.3. The summed E-state index contributed by atoms with van der Waals surface area (Å²) in [5, 5.41) is 0.527. The van der Waals surface area contributed by atoms with Gasteiger partial charge in [-0.3, -0.25) is 9.69 Å². The number of benzene rings is 2. The molecule has 0 N–H and O–H groups in total. The second kappa shape index (κ2) is 11.1. The SMILES string of the molecule is COc1ccc(OC)c2sc(N(CCCN(C)C)C(=O)c3ccc(S(C)(=O)=O)cc3)nc12.Cl. The lowest BCUT2D eigenvalue weighted by Crippen LogP contribution is -2.33. The number of carbonyl (C=O) groups excluding carboxylic acids is 1. The maximum absolute atomic E-state index is 13.4. The van der Waals surface area contributed by atoms with Crippen LogP contribution in [0.2, 0.25) is 0 Å². The molecule has 0 bridgehead atoms. The number of rotatable bonds is 9. The number of hydrogen-bond acceptors (Lipinski definition) is 8. The Morgan fingerprint density at radius 1 is 1.00 bits per heavy atom. The molecule has 2 aromatic carbocycles. The lowest BCUT2D eigenvalue weighted by molar-refractivity contribution is 0.0986. The Labute approximate surface area is 204 Å². The van der Waals surface area contributed by atoms with Gasteiger partial charge in [0.25, 0.3) is 5.91 Å². The third-order valence-corrected chi connectivity index (χ3v) is 7.11. The Balaban J connectivity index is 0.00000385. The van der Waals surface area contributed by atoms with Gasteiger partial charge in [0.15, 0.2) is 15.0 Å². The van der Waals surface area contributed by atoms with Gasteiger partial charge < -0.3 is 14.4 Å². The maximum Gasteiger partial charge on any atom is 0.260 e. The van der Waals surface area contributed by atoms with Crippen LogP contribution in [0.4, 0.5) is 5.13 Å². The predicted molar refractivity (Wildman–Crippen MR) is 134 cm³/mol. The molecule has 0 fully saturated rings. The van der Waals surface area contributed by atoms with Gasteiger partial charge in [-0.1, -0.05) is 11.3 Å². The molecule has 0 saturated carbocycles. The minimum atomic E-state index is -3.34. The number of amides is 1. The van der Waals surface area contributed by atoms with E-state index in [1.54, 1.807) is 25.2 Å². The van der Waals surface area contributed by atoms with Crippen molar-refractivity contribution in [3.8, 4) is 11.5 Å². The number of hydrogen-bond donors (Lipinski definition) is 0. The zero-order valence-corrected chi connectivity index (χ0v) is 21.6. The van der Waals surface area contributed by atoms with E-state index in [-0.39, 0.29) is 23.2 Å². The summed E-state index contributed by atoms with van der Waals surface area (Å²) < 4.78 is 35.2. The van der Waals surface area contributed by atoms with Crippen molar-refractivity contribution in [1.29, 1.82) is 0 Å². The first-order valence-electron chi connectivity index (χ1n) is 9.94. The topological polar surface area (TPSA) is 89.0 Å². The van der Waals surface area contributed by atoms with Crippen molar-refractivity contribution in [2.24, 2.45) is 0 Å². The molecule has 3 aromatic rings. The van der Waals surface area contributed by atoms with Gasteiger partial charge in [-0.2, -0.15) is 0 Å². The molecule has 0 saturated heterocycles. The Hall–Kier alpha value is -2.40. The van der Waals surface area contributed by atoms with Crippen LogP contribution >= 0.6 is 23.7 Å². The number of nitrogens with zero attached hydrogens (tertiary/aromatic N) is 3. The van der Waals surface area contributed by atoms with Crippen LogP contribution in [0.3, 0.4) is 0 Å². The van der Waals surface area contributed by atoms with Crippen LogP contribution in [-0.4, -0.2) is 71.9 Å². The molecule has 0 atom stereocenters. The Kier molecular flexibility index (Phi) is 9.07. The molecule has 1 heterocycles. The van der Waals surface area contributed by atoms with E-state index in [1.807, 2.05) is 25.1 Å². The molecule has 0 unspecified atom stereocenters. The number of methoxy groups -OCH3 is 2. The lowest BCUT2D eigenvalue weighted by Gasteiger charge is -2.21. The zero-order valence-electron chi connectivity index (χ0n) is 19.2. The molecule has 0 radical (unpaired) electrons. The third-order valence-electron chi connectivity index (χ3n) is 4.89. The van der Waals surface area contributed by atoms with E-state index in [9.17, 15) is 13.2 Å². The van der Waals surface area contributed by atoms with Crippen LogP contribution in [0.15, 0.2) is 41.3 Å². The number of thiazole rings is 1. The molecule has 33 heavy (non-hydrogen) atoms. The van der Waals surface area contributed by atoms with Crippen LogP contribution in [0.25, 0.3) is 10.2 Å². The Morgan fingerprint density at radius 2 is 1.61 bits per heavy atom. The summed E-state index contributed by atoms with van der Waals surface area (Å²) in [5.41, 5.74) is 1.02. The molecule has 8 nitrogen and oxygen atoms in total. The van der Waals surface area contributed by atoms with E-state index >= 15 is 0 Å². The molecule has 11 heteroatoms. The van der Waals surface area contributed by atoms with Crippen molar-refractivity contribution in [2.45, 2.75) is 11.3 Å². The van der Waals surface area contributed by atoms with Crippen LogP contribution in [0, 0.1) is 0 Å². The molecular formula is C22H28ClN3O5S2. The lowest BCUT2D eigenvalue weighted by atomic mass is 10.2. The summed E-state index contributed by atoms with van der Waals surface area (Å²) in [7, 11) is 3.77. The standard InChI is InChI=1S/C22H27N3O5S2.ClH/c1-24(2)13-6-14-25(21(26)15-7-9-16(10-8-15)32(5,27)28)22-23-19-17(29-3)11-12-18(30-4)20(19)31-22;/h7-12H,6,13-14H2,1-5H3;1H. The average molecular weight is 514 g/mol.